The van der Waals surface area contributed by atoms with E-state index in [-0.39, 0.29) is 6.09 Å². The van der Waals surface area contributed by atoms with Gasteiger partial charge in [0.25, 0.3) is 0 Å². The Hall–Kier alpha value is -1.56. The molecular weight excluding hydrogens is 292 g/mol. The summed E-state index contributed by atoms with van der Waals surface area (Å²) in [6, 6.07) is 0.556. The highest BCUT2D eigenvalue weighted by atomic mass is 16.6. The van der Waals surface area contributed by atoms with Crippen LogP contribution in [0.1, 0.15) is 45.9 Å². The van der Waals surface area contributed by atoms with E-state index in [9.17, 15) is 4.79 Å². The predicted molar refractivity (Wildman–Crippen MR) is 87.9 cm³/mol. The first-order chi connectivity index (χ1) is 10.8. The molecule has 0 bridgehead atoms. The topological polar surface area (TPSA) is 59.4 Å². The van der Waals surface area contributed by atoms with Gasteiger partial charge in [0.15, 0.2) is 0 Å². The monoisotopic (exact) mass is 320 g/mol. The van der Waals surface area contributed by atoms with Crippen LogP contribution in [-0.4, -0.2) is 45.3 Å². The number of aromatic nitrogens is 2. The molecule has 128 valence electrons. The van der Waals surface area contributed by atoms with Crippen molar-refractivity contribution >= 4 is 6.09 Å². The molecule has 0 unspecified atom stereocenters. The van der Waals surface area contributed by atoms with Crippen LogP contribution in [0, 0.1) is 5.41 Å². The molecule has 6 nitrogen and oxygen atoms in total. The van der Waals surface area contributed by atoms with Gasteiger partial charge in [-0.05, 0) is 45.4 Å². The lowest BCUT2D eigenvalue weighted by Gasteiger charge is -2.34. The minimum atomic E-state index is -0.419. The van der Waals surface area contributed by atoms with Crippen molar-refractivity contribution in [3.63, 3.8) is 0 Å². The molecule has 1 saturated heterocycles. The second-order valence-electron chi connectivity index (χ2n) is 7.92. The Morgan fingerprint density at radius 3 is 2.70 bits per heavy atom. The molecule has 0 radical (unpaired) electrons. The van der Waals surface area contributed by atoms with Crippen molar-refractivity contribution in [2.24, 2.45) is 12.5 Å². The summed E-state index contributed by atoms with van der Waals surface area (Å²) in [6.07, 6.45) is 6.96. The number of hydrogen-bond donors (Lipinski definition) is 1. The minimum absolute atomic E-state index is 0.175. The highest BCUT2D eigenvalue weighted by Gasteiger charge is 2.55. The number of piperidine rings is 1. The molecule has 0 aromatic carbocycles. The number of carbonyl (C=O) groups is 1. The van der Waals surface area contributed by atoms with Crippen LogP contribution >= 0.6 is 0 Å². The normalized spacial score (nSPS) is 23.1. The number of ether oxygens (including phenoxy) is 1. The van der Waals surface area contributed by atoms with Crippen LogP contribution in [0.25, 0.3) is 0 Å². The van der Waals surface area contributed by atoms with Crippen LogP contribution in [0.5, 0.6) is 0 Å². The Morgan fingerprint density at radius 1 is 1.43 bits per heavy atom. The van der Waals surface area contributed by atoms with Crippen molar-refractivity contribution in [1.29, 1.82) is 0 Å². The molecule has 1 saturated carbocycles. The zero-order valence-electron chi connectivity index (χ0n) is 14.6. The van der Waals surface area contributed by atoms with E-state index in [1.54, 1.807) is 0 Å². The third-order valence-corrected chi connectivity index (χ3v) is 5.03. The lowest BCUT2D eigenvalue weighted by molar-refractivity contribution is 0.0168. The zero-order valence-corrected chi connectivity index (χ0v) is 14.6. The van der Waals surface area contributed by atoms with Crippen LogP contribution in [-0.2, 0) is 18.3 Å². The molecule has 6 heteroatoms. The summed E-state index contributed by atoms with van der Waals surface area (Å²) in [6.45, 7) is 8.15. The molecule has 2 fully saturated rings. The first-order valence-electron chi connectivity index (χ1n) is 8.47. The number of likely N-dealkylation sites (tertiary alicyclic amines) is 1. The zero-order chi connectivity index (χ0) is 16.7. The van der Waals surface area contributed by atoms with Crippen molar-refractivity contribution in [1.82, 2.24) is 19.8 Å². The van der Waals surface area contributed by atoms with Gasteiger partial charge in [-0.25, -0.2) is 9.78 Å². The number of imidazole rings is 1. The molecular formula is C17H28N4O2. The molecule has 1 aromatic heterocycles. The predicted octanol–water partition coefficient (Wildman–Crippen LogP) is 2.30. The quantitative estimate of drug-likeness (QED) is 0.928. The summed E-state index contributed by atoms with van der Waals surface area (Å²) in [5.41, 5.74) is -0.0400. The van der Waals surface area contributed by atoms with Gasteiger partial charge >= 0.3 is 6.09 Å². The second kappa shape index (κ2) is 5.82. The first kappa shape index (κ1) is 16.3. The van der Waals surface area contributed by atoms with E-state index < -0.39 is 5.60 Å². The van der Waals surface area contributed by atoms with Crippen molar-refractivity contribution in [2.75, 3.05) is 13.1 Å². The fraction of sp³-hybridized carbons (Fsp3) is 0.765. The summed E-state index contributed by atoms with van der Waals surface area (Å²) < 4.78 is 7.51. The van der Waals surface area contributed by atoms with Crippen LogP contribution < -0.4 is 5.32 Å². The molecule has 1 aromatic rings. The number of rotatable bonds is 3. The van der Waals surface area contributed by atoms with Gasteiger partial charge in [-0.1, -0.05) is 0 Å². The molecule has 1 amide bonds. The highest BCUT2D eigenvalue weighted by molar-refractivity contribution is 5.68. The Morgan fingerprint density at radius 2 is 2.13 bits per heavy atom. The number of nitrogens with one attached hydrogen (secondary N) is 1. The smallest absolute Gasteiger partial charge is 0.410 e. The first-order valence-corrected chi connectivity index (χ1v) is 8.47. The van der Waals surface area contributed by atoms with E-state index >= 15 is 0 Å². The van der Waals surface area contributed by atoms with Crippen molar-refractivity contribution in [3.8, 4) is 0 Å². The summed E-state index contributed by atoms with van der Waals surface area (Å²) in [4.78, 5) is 18.3. The van der Waals surface area contributed by atoms with Gasteiger partial charge in [-0.15, -0.1) is 0 Å². The standard InChI is InChI=1S/C17H28N4O2/c1-16(2,3)23-15(22)21-8-5-17(6-9-21)11-13(17)19-12-14-18-7-10-20(14)4/h7,10,13,19H,5-6,8-9,11-12H2,1-4H3/t13-/m1/s1. The van der Waals surface area contributed by atoms with Crippen LogP contribution in [0.4, 0.5) is 4.79 Å². The third kappa shape index (κ3) is 3.68. The molecule has 3 rings (SSSR count). The van der Waals surface area contributed by atoms with Gasteiger partial charge in [-0.3, -0.25) is 0 Å². The Balaban J connectivity index is 1.45. The van der Waals surface area contributed by atoms with Gasteiger partial charge in [0.1, 0.15) is 11.4 Å². The SMILES string of the molecule is Cn1ccnc1CN[C@@H]1CC12CCN(C(=O)OC(C)(C)C)CC2. The Kier molecular flexibility index (Phi) is 4.12. The highest BCUT2D eigenvalue weighted by Crippen LogP contribution is 2.54. The molecule has 1 aliphatic carbocycles. The molecule has 1 aliphatic heterocycles. The maximum atomic E-state index is 12.1. The molecule has 23 heavy (non-hydrogen) atoms. The van der Waals surface area contributed by atoms with Gasteiger partial charge in [0.2, 0.25) is 0 Å². The van der Waals surface area contributed by atoms with E-state index in [0.29, 0.717) is 11.5 Å². The summed E-state index contributed by atoms with van der Waals surface area (Å²) >= 11 is 0. The van der Waals surface area contributed by atoms with Crippen molar-refractivity contribution < 1.29 is 9.53 Å². The minimum Gasteiger partial charge on any atom is -0.444 e. The van der Waals surface area contributed by atoms with Crippen LogP contribution in [0.15, 0.2) is 12.4 Å². The number of carbonyl (C=O) groups excluding carboxylic acids is 1. The van der Waals surface area contributed by atoms with E-state index in [4.69, 9.17) is 4.74 Å². The lowest BCUT2D eigenvalue weighted by Crippen LogP contribution is -2.43. The molecule has 1 N–H and O–H groups in total. The molecule has 1 atom stereocenters. The van der Waals surface area contributed by atoms with Gasteiger partial charge < -0.3 is 19.5 Å². The summed E-state index contributed by atoms with van der Waals surface area (Å²) in [7, 11) is 2.02. The third-order valence-electron chi connectivity index (χ3n) is 5.03. The van der Waals surface area contributed by atoms with Crippen LogP contribution in [0.2, 0.25) is 0 Å². The Bertz CT molecular complexity index is 567. The van der Waals surface area contributed by atoms with Crippen molar-refractivity contribution in [3.05, 3.63) is 18.2 Å². The lowest BCUT2D eigenvalue weighted by atomic mass is 9.93. The van der Waals surface area contributed by atoms with Gasteiger partial charge in [-0.2, -0.15) is 0 Å². The maximum absolute atomic E-state index is 12.1. The second-order valence-corrected chi connectivity index (χ2v) is 7.92. The van der Waals surface area contributed by atoms with Gasteiger partial charge in [0, 0.05) is 38.6 Å². The molecule has 2 aliphatic rings. The summed E-state index contributed by atoms with van der Waals surface area (Å²) in [5, 5.41) is 3.62. The van der Waals surface area contributed by atoms with E-state index in [2.05, 4.69) is 10.3 Å². The van der Waals surface area contributed by atoms with Crippen molar-refractivity contribution in [2.45, 2.75) is 58.2 Å². The molecule has 1 spiro atoms. The van der Waals surface area contributed by atoms with E-state index in [1.165, 1.54) is 6.42 Å². The maximum Gasteiger partial charge on any atom is 0.410 e. The number of amides is 1. The average molecular weight is 320 g/mol. The molecule has 2 heterocycles. The number of hydrogen-bond acceptors (Lipinski definition) is 4. The fourth-order valence-electron chi connectivity index (χ4n) is 3.43. The average Bonchev–Trinajstić information content (AvgIpc) is 2.95. The largest absolute Gasteiger partial charge is 0.444 e. The Labute approximate surface area is 138 Å². The fourth-order valence-corrected chi connectivity index (χ4v) is 3.43. The van der Waals surface area contributed by atoms with Gasteiger partial charge in [0.05, 0.1) is 6.54 Å². The van der Waals surface area contributed by atoms with Crippen LogP contribution in [0.3, 0.4) is 0 Å². The van der Waals surface area contributed by atoms with E-state index in [0.717, 1.165) is 38.3 Å². The number of aryl methyl sites for hydroxylation is 1. The van der Waals surface area contributed by atoms with E-state index in [1.807, 2.05) is 49.7 Å². The number of nitrogens with zero attached hydrogens (tertiary/aromatic N) is 3. The summed E-state index contributed by atoms with van der Waals surface area (Å²) in [5.74, 6) is 1.07.